The number of rotatable bonds is 4. The van der Waals surface area contributed by atoms with Crippen molar-refractivity contribution in [3.8, 4) is 0 Å². The molecule has 0 spiro atoms. The zero-order valence-electron chi connectivity index (χ0n) is 14.0. The minimum absolute atomic E-state index is 0. The minimum Gasteiger partial charge on any atom is -0.375 e. The number of hydrogen-bond donors (Lipinski definition) is 1. The average molecular weight is 373 g/mol. The summed E-state index contributed by atoms with van der Waals surface area (Å²) in [6.07, 6.45) is 4.17. The molecule has 0 bridgehead atoms. The van der Waals surface area contributed by atoms with Crippen LogP contribution in [0.15, 0.2) is 24.3 Å². The number of benzene rings is 1. The third-order valence-electron chi connectivity index (χ3n) is 4.80. The fourth-order valence-electron chi connectivity index (χ4n) is 3.54. The number of amides is 1. The Morgan fingerprint density at radius 1 is 1.42 bits per heavy atom. The molecule has 3 rings (SSSR count). The lowest BCUT2D eigenvalue weighted by Gasteiger charge is -2.37. The number of piperazine rings is 1. The molecule has 1 aromatic carbocycles. The second-order valence-electron chi connectivity index (χ2n) is 6.55. The van der Waals surface area contributed by atoms with Crippen LogP contribution in [0.1, 0.15) is 44.2 Å². The van der Waals surface area contributed by atoms with Crippen LogP contribution in [-0.2, 0) is 9.53 Å². The molecular weight excluding hydrogens is 347 g/mol. The zero-order chi connectivity index (χ0) is 16.2. The number of carbonyl (C=O) groups excluding carboxylic acids is 1. The first-order valence-corrected chi connectivity index (χ1v) is 8.92. The van der Waals surface area contributed by atoms with Gasteiger partial charge in [-0.2, -0.15) is 0 Å². The summed E-state index contributed by atoms with van der Waals surface area (Å²) in [5.41, 5.74) is 1.10. The summed E-state index contributed by atoms with van der Waals surface area (Å²) in [6, 6.07) is 7.89. The quantitative estimate of drug-likeness (QED) is 0.877. The van der Waals surface area contributed by atoms with Crippen LogP contribution in [0.2, 0.25) is 5.02 Å². The van der Waals surface area contributed by atoms with Gasteiger partial charge in [-0.05, 0) is 43.9 Å². The molecule has 1 aromatic rings. The Bertz CT molecular complexity index is 556. The summed E-state index contributed by atoms with van der Waals surface area (Å²) in [6.45, 7) is 4.48. The van der Waals surface area contributed by atoms with Gasteiger partial charge in [0, 0.05) is 31.1 Å². The van der Waals surface area contributed by atoms with E-state index >= 15 is 0 Å². The van der Waals surface area contributed by atoms with Crippen LogP contribution < -0.4 is 5.32 Å². The Morgan fingerprint density at radius 3 is 2.96 bits per heavy atom. The van der Waals surface area contributed by atoms with E-state index in [0.29, 0.717) is 17.5 Å². The second kappa shape index (κ2) is 9.04. The van der Waals surface area contributed by atoms with Gasteiger partial charge in [0.1, 0.15) is 0 Å². The number of ether oxygens (including phenoxy) is 1. The van der Waals surface area contributed by atoms with Gasteiger partial charge in [0.05, 0.1) is 18.2 Å². The van der Waals surface area contributed by atoms with Crippen LogP contribution in [0.4, 0.5) is 0 Å². The highest BCUT2D eigenvalue weighted by atomic mass is 35.5. The van der Waals surface area contributed by atoms with E-state index in [-0.39, 0.29) is 30.5 Å². The fraction of sp³-hybridized carbons (Fsp3) is 0.611. The molecular formula is C18H26Cl2N2O2. The first-order chi connectivity index (χ1) is 11.1. The highest BCUT2D eigenvalue weighted by Crippen LogP contribution is 2.27. The molecule has 3 atom stereocenters. The zero-order valence-corrected chi connectivity index (χ0v) is 15.6. The van der Waals surface area contributed by atoms with Crippen LogP contribution in [0.5, 0.6) is 0 Å². The molecule has 2 aliphatic heterocycles. The van der Waals surface area contributed by atoms with Crippen molar-refractivity contribution < 1.29 is 9.53 Å². The number of halogens is 2. The lowest BCUT2D eigenvalue weighted by molar-refractivity contribution is -0.135. The summed E-state index contributed by atoms with van der Waals surface area (Å²) in [4.78, 5) is 14.7. The van der Waals surface area contributed by atoms with Gasteiger partial charge >= 0.3 is 0 Å². The van der Waals surface area contributed by atoms with E-state index in [0.717, 1.165) is 44.5 Å². The van der Waals surface area contributed by atoms with Gasteiger partial charge in [-0.3, -0.25) is 4.79 Å². The Labute approximate surface area is 155 Å². The molecule has 1 N–H and O–H groups in total. The first-order valence-electron chi connectivity index (χ1n) is 8.54. The van der Waals surface area contributed by atoms with Crippen molar-refractivity contribution in [3.05, 3.63) is 34.9 Å². The van der Waals surface area contributed by atoms with E-state index in [1.54, 1.807) is 0 Å². The molecule has 2 saturated heterocycles. The molecule has 2 heterocycles. The highest BCUT2D eigenvalue weighted by molar-refractivity contribution is 6.30. The van der Waals surface area contributed by atoms with E-state index < -0.39 is 0 Å². The maximum atomic E-state index is 12.7. The molecule has 2 fully saturated rings. The SMILES string of the molecule is CC1CCC(CCC(=O)N2CCNCC2c2cccc(Cl)c2)O1.Cl. The largest absolute Gasteiger partial charge is 0.375 e. The number of nitrogens with zero attached hydrogens (tertiary/aromatic N) is 1. The standard InChI is InChI=1S/C18H25ClN2O2.ClH/c1-13-5-6-16(23-13)7-8-18(22)21-10-9-20-12-17(21)14-3-2-4-15(19)11-14;/h2-4,11,13,16-17,20H,5-10,12H2,1H3;1H. The van der Waals surface area contributed by atoms with Gasteiger partial charge in [0.15, 0.2) is 0 Å². The molecule has 0 aromatic heterocycles. The average Bonchev–Trinajstić information content (AvgIpc) is 2.98. The molecule has 0 saturated carbocycles. The molecule has 0 aliphatic carbocycles. The van der Waals surface area contributed by atoms with E-state index in [1.807, 2.05) is 29.2 Å². The monoisotopic (exact) mass is 372 g/mol. The predicted molar refractivity (Wildman–Crippen MR) is 98.8 cm³/mol. The van der Waals surface area contributed by atoms with E-state index in [1.165, 1.54) is 0 Å². The van der Waals surface area contributed by atoms with Gasteiger partial charge < -0.3 is 15.0 Å². The highest BCUT2D eigenvalue weighted by Gasteiger charge is 2.29. The van der Waals surface area contributed by atoms with Crippen molar-refractivity contribution in [3.63, 3.8) is 0 Å². The van der Waals surface area contributed by atoms with Crippen LogP contribution in [0.3, 0.4) is 0 Å². The third kappa shape index (κ3) is 4.85. The molecule has 1 amide bonds. The summed E-state index contributed by atoms with van der Waals surface area (Å²) in [5.74, 6) is 0.222. The smallest absolute Gasteiger partial charge is 0.223 e. The summed E-state index contributed by atoms with van der Waals surface area (Å²) < 4.78 is 5.83. The van der Waals surface area contributed by atoms with Crippen molar-refractivity contribution in [1.29, 1.82) is 0 Å². The molecule has 3 unspecified atom stereocenters. The minimum atomic E-state index is 0. The summed E-state index contributed by atoms with van der Waals surface area (Å²) >= 11 is 6.11. The van der Waals surface area contributed by atoms with E-state index in [2.05, 4.69) is 12.2 Å². The predicted octanol–water partition coefficient (Wildman–Crippen LogP) is 3.58. The van der Waals surface area contributed by atoms with Crippen molar-refractivity contribution in [2.45, 2.75) is 50.9 Å². The molecule has 134 valence electrons. The second-order valence-corrected chi connectivity index (χ2v) is 6.98. The van der Waals surface area contributed by atoms with Crippen molar-refractivity contribution in [1.82, 2.24) is 10.2 Å². The lowest BCUT2D eigenvalue weighted by Crippen LogP contribution is -2.48. The third-order valence-corrected chi connectivity index (χ3v) is 5.03. The molecule has 24 heavy (non-hydrogen) atoms. The van der Waals surface area contributed by atoms with Crippen molar-refractivity contribution in [2.24, 2.45) is 0 Å². The van der Waals surface area contributed by atoms with Crippen molar-refractivity contribution >= 4 is 29.9 Å². The van der Waals surface area contributed by atoms with E-state index in [4.69, 9.17) is 16.3 Å². The van der Waals surface area contributed by atoms with E-state index in [9.17, 15) is 4.79 Å². The maximum Gasteiger partial charge on any atom is 0.223 e. The van der Waals surface area contributed by atoms with Crippen LogP contribution in [0.25, 0.3) is 0 Å². The molecule has 6 heteroatoms. The molecule has 2 aliphatic rings. The maximum absolute atomic E-state index is 12.7. The van der Waals surface area contributed by atoms with Gasteiger partial charge in [0.2, 0.25) is 5.91 Å². The summed E-state index contributed by atoms with van der Waals surface area (Å²) in [5, 5.41) is 4.10. The molecule has 0 radical (unpaired) electrons. The topological polar surface area (TPSA) is 41.6 Å². The molecule has 4 nitrogen and oxygen atoms in total. The Balaban J connectivity index is 0.00000208. The fourth-order valence-corrected chi connectivity index (χ4v) is 3.74. The Kier molecular flexibility index (Phi) is 7.35. The number of carbonyl (C=O) groups is 1. The normalized spacial score (nSPS) is 26.9. The van der Waals surface area contributed by atoms with Gasteiger partial charge in [-0.25, -0.2) is 0 Å². The number of nitrogens with one attached hydrogen (secondary N) is 1. The van der Waals surface area contributed by atoms with Crippen LogP contribution in [0, 0.1) is 0 Å². The van der Waals surface area contributed by atoms with Gasteiger partial charge in [0.25, 0.3) is 0 Å². The van der Waals surface area contributed by atoms with Crippen molar-refractivity contribution in [2.75, 3.05) is 19.6 Å². The lowest BCUT2D eigenvalue weighted by atomic mass is 10.0. The van der Waals surface area contributed by atoms with Gasteiger partial charge in [-0.1, -0.05) is 23.7 Å². The Morgan fingerprint density at radius 2 is 2.25 bits per heavy atom. The Hall–Kier alpha value is -0.810. The summed E-state index contributed by atoms with van der Waals surface area (Å²) in [7, 11) is 0. The van der Waals surface area contributed by atoms with Crippen LogP contribution >= 0.6 is 24.0 Å². The first kappa shape index (κ1) is 19.5. The van der Waals surface area contributed by atoms with Gasteiger partial charge in [-0.15, -0.1) is 12.4 Å². The van der Waals surface area contributed by atoms with Crippen LogP contribution in [-0.4, -0.2) is 42.6 Å². The number of hydrogen-bond acceptors (Lipinski definition) is 3.